The Morgan fingerprint density at radius 2 is 2.05 bits per heavy atom. The van der Waals surface area contributed by atoms with Crippen molar-refractivity contribution in [2.75, 3.05) is 5.32 Å². The zero-order chi connectivity index (χ0) is 13.4. The fourth-order valence-corrected chi connectivity index (χ4v) is 3.10. The van der Waals surface area contributed by atoms with Gasteiger partial charge in [-0.1, -0.05) is 30.3 Å². The standard InChI is InChI=1S/C15H16N2OS/c1-9-10(2)19-15(16-9)17-14(18)13-8-12(13)11-6-4-3-5-7-11/h3-7,12-13H,8H2,1-2H3,(H,16,17,18). The Labute approximate surface area is 116 Å². The Kier molecular flexibility index (Phi) is 3.11. The number of anilines is 1. The molecule has 0 radical (unpaired) electrons. The van der Waals surface area contributed by atoms with Crippen molar-refractivity contribution in [1.29, 1.82) is 0 Å². The fourth-order valence-electron chi connectivity index (χ4n) is 2.28. The van der Waals surface area contributed by atoms with Gasteiger partial charge >= 0.3 is 0 Å². The molecule has 1 aromatic heterocycles. The van der Waals surface area contributed by atoms with E-state index < -0.39 is 0 Å². The molecule has 1 saturated carbocycles. The molecule has 2 atom stereocenters. The van der Waals surface area contributed by atoms with E-state index in [4.69, 9.17) is 0 Å². The summed E-state index contributed by atoms with van der Waals surface area (Å²) >= 11 is 1.54. The van der Waals surface area contributed by atoms with E-state index >= 15 is 0 Å². The van der Waals surface area contributed by atoms with Crippen LogP contribution in [0.1, 0.15) is 28.5 Å². The number of hydrogen-bond acceptors (Lipinski definition) is 3. The number of carbonyl (C=O) groups is 1. The maximum Gasteiger partial charge on any atom is 0.229 e. The van der Waals surface area contributed by atoms with Gasteiger partial charge < -0.3 is 5.32 Å². The summed E-state index contributed by atoms with van der Waals surface area (Å²) in [6, 6.07) is 10.2. The lowest BCUT2D eigenvalue weighted by Crippen LogP contribution is -2.14. The topological polar surface area (TPSA) is 42.0 Å². The Balaban J connectivity index is 1.64. The van der Waals surface area contributed by atoms with E-state index in [0.29, 0.717) is 5.92 Å². The van der Waals surface area contributed by atoms with Crippen molar-refractivity contribution < 1.29 is 4.79 Å². The lowest BCUT2D eigenvalue weighted by Gasteiger charge is -2.01. The third kappa shape index (κ3) is 2.54. The van der Waals surface area contributed by atoms with Crippen LogP contribution in [0.15, 0.2) is 30.3 Å². The summed E-state index contributed by atoms with van der Waals surface area (Å²) in [6.45, 7) is 3.98. The van der Waals surface area contributed by atoms with Crippen molar-refractivity contribution in [3.8, 4) is 0 Å². The Morgan fingerprint density at radius 1 is 1.32 bits per heavy atom. The zero-order valence-corrected chi connectivity index (χ0v) is 11.8. The van der Waals surface area contributed by atoms with Gasteiger partial charge in [0.05, 0.1) is 5.69 Å². The number of rotatable bonds is 3. The van der Waals surface area contributed by atoms with E-state index in [9.17, 15) is 4.79 Å². The summed E-state index contributed by atoms with van der Waals surface area (Å²) in [5.74, 6) is 0.581. The highest BCUT2D eigenvalue weighted by Crippen LogP contribution is 2.47. The number of nitrogens with one attached hydrogen (secondary N) is 1. The van der Waals surface area contributed by atoms with Crippen LogP contribution in [0.2, 0.25) is 0 Å². The number of hydrogen-bond donors (Lipinski definition) is 1. The highest BCUT2D eigenvalue weighted by Gasteiger charge is 2.44. The van der Waals surface area contributed by atoms with Crippen molar-refractivity contribution >= 4 is 22.4 Å². The minimum atomic E-state index is 0.0996. The van der Waals surface area contributed by atoms with Gasteiger partial charge in [-0.15, -0.1) is 11.3 Å². The van der Waals surface area contributed by atoms with E-state index in [0.717, 1.165) is 22.1 Å². The van der Waals surface area contributed by atoms with Gasteiger partial charge in [0.15, 0.2) is 5.13 Å². The molecule has 1 heterocycles. The maximum absolute atomic E-state index is 12.1. The largest absolute Gasteiger partial charge is 0.302 e. The predicted octanol–water partition coefficient (Wildman–Crippen LogP) is 3.50. The molecule has 19 heavy (non-hydrogen) atoms. The minimum absolute atomic E-state index is 0.0996. The quantitative estimate of drug-likeness (QED) is 0.929. The summed E-state index contributed by atoms with van der Waals surface area (Å²) in [5, 5.41) is 3.65. The lowest BCUT2D eigenvalue weighted by molar-refractivity contribution is -0.117. The normalized spacial score (nSPS) is 21.2. The number of amides is 1. The first-order chi connectivity index (χ1) is 9.15. The molecule has 1 N–H and O–H groups in total. The van der Waals surface area contributed by atoms with Crippen LogP contribution < -0.4 is 5.32 Å². The van der Waals surface area contributed by atoms with E-state index in [1.807, 2.05) is 32.0 Å². The summed E-state index contributed by atoms with van der Waals surface area (Å²) in [6.07, 6.45) is 0.944. The fraction of sp³-hybridized carbons (Fsp3) is 0.333. The van der Waals surface area contributed by atoms with Crippen molar-refractivity contribution in [3.63, 3.8) is 0 Å². The second-order valence-corrected chi connectivity index (χ2v) is 6.21. The molecule has 0 spiro atoms. The van der Waals surface area contributed by atoms with Gasteiger partial charge in [-0.05, 0) is 31.7 Å². The number of aromatic nitrogens is 1. The van der Waals surface area contributed by atoms with Crippen LogP contribution in [0.3, 0.4) is 0 Å². The summed E-state index contributed by atoms with van der Waals surface area (Å²) in [7, 11) is 0. The minimum Gasteiger partial charge on any atom is -0.302 e. The maximum atomic E-state index is 12.1. The molecular formula is C15H16N2OS. The molecule has 2 aromatic rings. The second-order valence-electron chi connectivity index (χ2n) is 5.01. The van der Waals surface area contributed by atoms with Gasteiger partial charge in [-0.3, -0.25) is 4.79 Å². The van der Waals surface area contributed by atoms with Gasteiger partial charge in [-0.25, -0.2) is 4.98 Å². The molecule has 1 amide bonds. The van der Waals surface area contributed by atoms with Crippen LogP contribution in [0.4, 0.5) is 5.13 Å². The van der Waals surface area contributed by atoms with Gasteiger partial charge in [0.1, 0.15) is 0 Å². The van der Waals surface area contributed by atoms with E-state index in [-0.39, 0.29) is 11.8 Å². The Hall–Kier alpha value is -1.68. The smallest absolute Gasteiger partial charge is 0.229 e. The van der Waals surface area contributed by atoms with Crippen LogP contribution in [-0.4, -0.2) is 10.9 Å². The van der Waals surface area contributed by atoms with Crippen LogP contribution in [-0.2, 0) is 4.79 Å². The van der Waals surface area contributed by atoms with Crippen molar-refractivity contribution in [2.45, 2.75) is 26.2 Å². The first-order valence-corrected chi connectivity index (χ1v) is 7.26. The summed E-state index contributed by atoms with van der Waals surface area (Å²) in [4.78, 5) is 17.6. The van der Waals surface area contributed by atoms with Gasteiger partial charge in [0.2, 0.25) is 5.91 Å². The van der Waals surface area contributed by atoms with Gasteiger partial charge in [0, 0.05) is 10.8 Å². The average Bonchev–Trinajstić information content (AvgIpc) is 3.14. The molecule has 1 aliphatic rings. The van der Waals surface area contributed by atoms with Gasteiger partial charge in [0.25, 0.3) is 0 Å². The molecule has 3 rings (SSSR count). The Bertz CT molecular complexity index is 586. The number of carbonyl (C=O) groups excluding carboxylic acids is 1. The van der Waals surface area contributed by atoms with Crippen LogP contribution in [0, 0.1) is 19.8 Å². The molecule has 1 fully saturated rings. The average molecular weight is 272 g/mol. The third-order valence-corrected chi connectivity index (χ3v) is 4.60. The monoisotopic (exact) mass is 272 g/mol. The zero-order valence-electron chi connectivity index (χ0n) is 11.0. The molecular weight excluding hydrogens is 256 g/mol. The number of nitrogens with zero attached hydrogens (tertiary/aromatic N) is 1. The summed E-state index contributed by atoms with van der Waals surface area (Å²) in [5.41, 5.74) is 2.25. The second kappa shape index (κ2) is 4.78. The molecule has 1 aliphatic carbocycles. The SMILES string of the molecule is Cc1nc(NC(=O)C2CC2c2ccccc2)sc1C. The predicted molar refractivity (Wildman–Crippen MR) is 77.5 cm³/mol. The van der Waals surface area contributed by atoms with Crippen LogP contribution in [0.25, 0.3) is 0 Å². The number of thiazole rings is 1. The molecule has 2 unspecified atom stereocenters. The van der Waals surface area contributed by atoms with Crippen LogP contribution in [0.5, 0.6) is 0 Å². The first-order valence-electron chi connectivity index (χ1n) is 6.45. The van der Waals surface area contributed by atoms with Crippen LogP contribution >= 0.6 is 11.3 Å². The molecule has 0 saturated heterocycles. The summed E-state index contributed by atoms with van der Waals surface area (Å²) < 4.78 is 0. The van der Waals surface area contributed by atoms with E-state index in [1.54, 1.807) is 11.3 Å². The van der Waals surface area contributed by atoms with E-state index in [1.165, 1.54) is 5.56 Å². The van der Waals surface area contributed by atoms with Crippen molar-refractivity contribution in [3.05, 3.63) is 46.5 Å². The lowest BCUT2D eigenvalue weighted by atomic mass is 10.1. The third-order valence-electron chi connectivity index (χ3n) is 3.61. The Morgan fingerprint density at radius 3 is 2.68 bits per heavy atom. The molecule has 98 valence electrons. The molecule has 1 aromatic carbocycles. The first kappa shape index (κ1) is 12.4. The highest BCUT2D eigenvalue weighted by molar-refractivity contribution is 7.15. The molecule has 4 heteroatoms. The molecule has 0 aliphatic heterocycles. The molecule has 0 bridgehead atoms. The highest BCUT2D eigenvalue weighted by atomic mass is 32.1. The van der Waals surface area contributed by atoms with Crippen molar-refractivity contribution in [1.82, 2.24) is 4.98 Å². The number of aryl methyl sites for hydroxylation is 2. The molecule has 3 nitrogen and oxygen atoms in total. The van der Waals surface area contributed by atoms with Crippen molar-refractivity contribution in [2.24, 2.45) is 5.92 Å². The number of benzene rings is 1. The van der Waals surface area contributed by atoms with E-state index in [2.05, 4.69) is 22.4 Å². The van der Waals surface area contributed by atoms with Gasteiger partial charge in [-0.2, -0.15) is 0 Å².